The number of hydrogen-bond donors (Lipinski definition) is 0. The van der Waals surface area contributed by atoms with Crippen molar-refractivity contribution in [1.82, 2.24) is 0 Å². The molecule has 0 atom stereocenters. The van der Waals surface area contributed by atoms with E-state index >= 15 is 0 Å². The van der Waals surface area contributed by atoms with E-state index in [1.54, 1.807) is 45.8 Å². The third kappa shape index (κ3) is 2.86. The van der Waals surface area contributed by atoms with Crippen LogP contribution in [-0.2, 0) is 0 Å². The zero-order valence-electron chi connectivity index (χ0n) is 9.00. The molecule has 0 fully saturated rings. The first kappa shape index (κ1) is 14.6. The predicted octanol–water partition coefficient (Wildman–Crippen LogP) is 7.44. The second-order valence-electron chi connectivity index (χ2n) is 3.45. The van der Waals surface area contributed by atoms with E-state index in [-0.39, 0.29) is 0 Å². The lowest BCUT2D eigenvalue weighted by Crippen LogP contribution is -1.70. The maximum absolute atomic E-state index is 5.54. The summed E-state index contributed by atoms with van der Waals surface area (Å²) >= 11 is 17.7. The van der Waals surface area contributed by atoms with E-state index in [2.05, 4.69) is 59.8 Å². The highest BCUT2D eigenvalue weighted by Crippen LogP contribution is 2.50. The smallest absolute Gasteiger partial charge is 0.0900 e. The van der Waals surface area contributed by atoms with E-state index in [9.17, 15) is 0 Å². The van der Waals surface area contributed by atoms with Crippen LogP contribution in [0.1, 0.15) is 5.56 Å². The maximum atomic E-state index is 5.54. The number of hydrogen-bond acceptors (Lipinski definition) is 4. The van der Waals surface area contributed by atoms with Crippen LogP contribution in [0, 0.1) is 12.3 Å². The summed E-state index contributed by atoms with van der Waals surface area (Å²) in [6.45, 7) is 0. The van der Waals surface area contributed by atoms with Gasteiger partial charge in [-0.15, -0.1) is 40.4 Å². The van der Waals surface area contributed by atoms with Gasteiger partial charge in [0.1, 0.15) is 0 Å². The maximum Gasteiger partial charge on any atom is 0.0900 e. The minimum Gasteiger partial charge on any atom is -0.120 e. The van der Waals surface area contributed by atoms with Crippen LogP contribution in [-0.4, -0.2) is 0 Å². The molecule has 0 aromatic carbocycles. The Hall–Kier alpha value is 0.710. The highest BCUT2D eigenvalue weighted by molar-refractivity contribution is 9.11. The summed E-state index contributed by atoms with van der Waals surface area (Å²) in [5.74, 6) is 2.74. The first-order valence-corrected chi connectivity index (χ1v) is 10.5. The van der Waals surface area contributed by atoms with Crippen molar-refractivity contribution in [3.05, 3.63) is 29.7 Å². The van der Waals surface area contributed by atoms with Gasteiger partial charge in [-0.25, -0.2) is 0 Å². The quantitative estimate of drug-likeness (QED) is 0.320. The lowest BCUT2D eigenvalue weighted by Gasteiger charge is -1.96. The zero-order chi connectivity index (χ0) is 13.6. The second-order valence-corrected chi connectivity index (χ2v) is 11.9. The van der Waals surface area contributed by atoms with Crippen LogP contribution >= 0.6 is 93.6 Å². The van der Waals surface area contributed by atoms with Crippen LogP contribution in [0.4, 0.5) is 0 Å². The molecule has 3 rings (SSSR count). The van der Waals surface area contributed by atoms with Gasteiger partial charge in [0.2, 0.25) is 0 Å². The third-order valence-corrected chi connectivity index (χ3v) is 9.58. The Morgan fingerprint density at radius 2 is 1.74 bits per heavy atom. The minimum absolute atomic E-state index is 0.951. The molecule has 0 saturated carbocycles. The average Bonchev–Trinajstić information content (AvgIpc) is 2.97. The molecule has 0 radical (unpaired) electrons. The Labute approximate surface area is 152 Å². The first-order chi connectivity index (χ1) is 9.08. The van der Waals surface area contributed by atoms with Gasteiger partial charge >= 0.3 is 0 Å². The fraction of sp³-hybridized carbons (Fsp3) is 0. The number of thiophene rings is 3. The fourth-order valence-corrected chi connectivity index (χ4v) is 9.41. The topological polar surface area (TPSA) is 0 Å². The van der Waals surface area contributed by atoms with Gasteiger partial charge in [-0.2, -0.15) is 0 Å². The van der Waals surface area contributed by atoms with Gasteiger partial charge in [0.05, 0.1) is 30.0 Å². The molecular weight excluding hydrogens is 512 g/mol. The molecule has 0 amide bonds. The van der Waals surface area contributed by atoms with Gasteiger partial charge in [0.25, 0.3) is 0 Å². The van der Waals surface area contributed by atoms with Gasteiger partial charge in [-0.3, -0.25) is 0 Å². The molecule has 0 aliphatic rings. The van der Waals surface area contributed by atoms with Crippen molar-refractivity contribution in [2.75, 3.05) is 0 Å². The molecule has 3 heterocycles. The summed E-state index contributed by atoms with van der Waals surface area (Å²) in [6, 6.07) is 4.14. The average molecular weight is 515 g/mol. The molecule has 0 aliphatic carbocycles. The lowest BCUT2D eigenvalue weighted by molar-refractivity contribution is 1.59. The molecule has 7 heteroatoms. The molecule has 0 spiro atoms. The normalized spacial score (nSPS) is 11.1. The third-order valence-electron chi connectivity index (χ3n) is 2.28. The van der Waals surface area contributed by atoms with Crippen LogP contribution in [0.2, 0.25) is 0 Å². The van der Waals surface area contributed by atoms with E-state index in [4.69, 9.17) is 6.42 Å². The molecule has 0 unspecified atom stereocenters. The van der Waals surface area contributed by atoms with Crippen LogP contribution in [0.3, 0.4) is 0 Å². The highest BCUT2D eigenvalue weighted by Gasteiger charge is 2.16. The molecule has 0 aliphatic heterocycles. The monoisotopic (exact) mass is 512 g/mol. The van der Waals surface area contributed by atoms with E-state index in [0.29, 0.717) is 0 Å². The van der Waals surface area contributed by atoms with Gasteiger partial charge in [-0.1, -0.05) is 17.7 Å². The fourth-order valence-electron chi connectivity index (χ4n) is 1.48. The zero-order valence-corrected chi connectivity index (χ0v) is 17.0. The van der Waals surface area contributed by atoms with Crippen molar-refractivity contribution >= 4 is 103 Å². The van der Waals surface area contributed by atoms with Gasteiger partial charge in [0.15, 0.2) is 0 Å². The summed E-state index contributed by atoms with van der Waals surface area (Å²) in [5.41, 5.74) is 0.951. The van der Waals surface area contributed by atoms with E-state index in [0.717, 1.165) is 21.8 Å². The summed E-state index contributed by atoms with van der Waals surface area (Å²) < 4.78 is 7.11. The Morgan fingerprint density at radius 1 is 1.00 bits per heavy atom. The van der Waals surface area contributed by atoms with Crippen LogP contribution in [0.25, 0.3) is 9.40 Å². The molecule has 19 heavy (non-hydrogen) atoms. The summed E-state index contributed by atoms with van der Waals surface area (Å²) in [5, 5.41) is 1.27. The van der Waals surface area contributed by atoms with Gasteiger partial charge in [0, 0.05) is 5.39 Å². The number of rotatable bonds is 2. The minimum atomic E-state index is 0.951. The Morgan fingerprint density at radius 3 is 2.42 bits per heavy atom. The van der Waals surface area contributed by atoms with Gasteiger partial charge in [-0.05, 0) is 59.9 Å². The lowest BCUT2D eigenvalue weighted by atomic mass is 10.4. The summed E-state index contributed by atoms with van der Waals surface area (Å²) in [6.07, 6.45) is 5.54. The summed E-state index contributed by atoms with van der Waals surface area (Å²) in [7, 11) is 0. The van der Waals surface area contributed by atoms with Crippen molar-refractivity contribution < 1.29 is 0 Å². The molecule has 0 nitrogen and oxygen atoms in total. The van der Waals surface area contributed by atoms with Crippen molar-refractivity contribution in [3.63, 3.8) is 0 Å². The van der Waals surface area contributed by atoms with Crippen molar-refractivity contribution in [3.8, 4) is 12.3 Å². The SMILES string of the molecule is C#Cc1cc(Br)sc1Sc1sc2sc(Br)cc2c1Br. The number of terminal acetylenes is 1. The first-order valence-electron chi connectivity index (χ1n) is 4.89. The van der Waals surface area contributed by atoms with Crippen molar-refractivity contribution in [2.45, 2.75) is 8.42 Å². The molecule has 3 aromatic rings. The Balaban J connectivity index is 2.03. The Bertz CT molecular complexity index is 803. The predicted molar refractivity (Wildman–Crippen MR) is 99.2 cm³/mol. The number of fused-ring (bicyclic) bond motifs is 1. The largest absolute Gasteiger partial charge is 0.120 e. The van der Waals surface area contributed by atoms with Crippen LogP contribution < -0.4 is 0 Å². The number of halogens is 3. The van der Waals surface area contributed by atoms with Gasteiger partial charge < -0.3 is 0 Å². The molecular formula is C12H3Br3S4. The van der Waals surface area contributed by atoms with E-state index in [1.807, 2.05) is 6.07 Å². The molecule has 0 N–H and O–H groups in total. The van der Waals surface area contributed by atoms with Crippen molar-refractivity contribution in [2.24, 2.45) is 0 Å². The highest BCUT2D eigenvalue weighted by atomic mass is 79.9. The second kappa shape index (κ2) is 5.84. The van der Waals surface area contributed by atoms with Crippen molar-refractivity contribution in [1.29, 1.82) is 0 Å². The van der Waals surface area contributed by atoms with E-state index in [1.165, 1.54) is 13.6 Å². The molecule has 3 aromatic heterocycles. The molecule has 96 valence electrons. The van der Waals surface area contributed by atoms with E-state index < -0.39 is 0 Å². The van der Waals surface area contributed by atoms with Crippen LogP contribution in [0.15, 0.2) is 32.6 Å². The standard InChI is InChI=1S/C12H3Br3S4/c1-2-5-3-7(13)16-10(5)18-12-9(15)6-4-8(14)17-11(6)19-12/h1,3-4H. The molecule has 0 bridgehead atoms. The summed E-state index contributed by atoms with van der Waals surface area (Å²) in [4.78, 5) is 0. The molecule has 0 saturated heterocycles. The Kier molecular flexibility index (Phi) is 4.50. The van der Waals surface area contributed by atoms with Crippen LogP contribution in [0.5, 0.6) is 0 Å².